The molecule has 6 nitrogen and oxygen atoms in total. The SMILES string of the molecule is N#Cc1ccc(Cn2ncc(NC(=O)Cc3ccc([C@H]4C[C@@H]4C(F)(F)F)cc3)n2)cc1F. The minimum absolute atomic E-state index is 0.0291. The summed E-state index contributed by atoms with van der Waals surface area (Å²) in [6, 6.07) is 12.5. The molecule has 1 amide bonds. The molecule has 10 heteroatoms. The summed E-state index contributed by atoms with van der Waals surface area (Å²) in [6.07, 6.45) is -2.68. The Balaban J connectivity index is 1.31. The third kappa shape index (κ3) is 4.94. The molecule has 1 aliphatic carbocycles. The Morgan fingerprint density at radius 2 is 1.91 bits per heavy atom. The first-order chi connectivity index (χ1) is 15.2. The fourth-order valence-electron chi connectivity index (χ4n) is 3.52. The molecule has 0 aliphatic heterocycles. The second-order valence-electron chi connectivity index (χ2n) is 7.64. The largest absolute Gasteiger partial charge is 0.392 e. The summed E-state index contributed by atoms with van der Waals surface area (Å²) in [7, 11) is 0. The molecule has 0 spiro atoms. The summed E-state index contributed by atoms with van der Waals surface area (Å²) >= 11 is 0. The van der Waals surface area contributed by atoms with Crippen LogP contribution < -0.4 is 5.32 Å². The molecule has 1 aromatic heterocycles. The standard InChI is InChI=1S/C22H17F4N5O/c23-19-7-14(3-6-16(19)10-27)12-31-28-11-20(30-31)29-21(32)8-13-1-4-15(5-2-13)17-9-18(17)22(24,25)26/h1-7,11,17-18H,8-9,12H2,(H,29,30,32)/t17-,18+/m1/s1. The number of nitriles is 1. The van der Waals surface area contributed by atoms with Gasteiger partial charge in [0.25, 0.3) is 0 Å². The second kappa shape index (κ2) is 8.42. The van der Waals surface area contributed by atoms with Crippen molar-refractivity contribution in [1.82, 2.24) is 15.0 Å². The average Bonchev–Trinajstić information content (AvgIpc) is 3.44. The molecule has 3 aromatic rings. The lowest BCUT2D eigenvalue weighted by Crippen LogP contribution is -2.15. The molecular weight excluding hydrogens is 426 g/mol. The van der Waals surface area contributed by atoms with Crippen molar-refractivity contribution in [2.75, 3.05) is 5.32 Å². The van der Waals surface area contributed by atoms with Crippen molar-refractivity contribution in [3.05, 3.63) is 76.7 Å². The summed E-state index contributed by atoms with van der Waals surface area (Å²) in [4.78, 5) is 13.5. The first kappa shape index (κ1) is 21.5. The van der Waals surface area contributed by atoms with E-state index >= 15 is 0 Å². The number of rotatable bonds is 6. The van der Waals surface area contributed by atoms with E-state index in [9.17, 15) is 22.4 Å². The Kier molecular flexibility index (Phi) is 5.65. The number of hydrogen-bond donors (Lipinski definition) is 1. The number of halogens is 4. The van der Waals surface area contributed by atoms with Crippen LogP contribution in [0.3, 0.4) is 0 Å². The van der Waals surface area contributed by atoms with Gasteiger partial charge < -0.3 is 5.32 Å². The van der Waals surface area contributed by atoms with E-state index in [0.717, 1.165) is 0 Å². The molecular formula is C22H17F4N5O. The molecule has 1 saturated carbocycles. The molecule has 4 rings (SSSR count). The van der Waals surface area contributed by atoms with Crippen molar-refractivity contribution in [3.63, 3.8) is 0 Å². The molecule has 1 aliphatic rings. The monoisotopic (exact) mass is 443 g/mol. The fraction of sp³-hybridized carbons (Fsp3) is 0.273. The summed E-state index contributed by atoms with van der Waals surface area (Å²) < 4.78 is 51.8. The van der Waals surface area contributed by atoms with E-state index in [0.29, 0.717) is 16.7 Å². The van der Waals surface area contributed by atoms with Gasteiger partial charge in [0.15, 0.2) is 5.82 Å². The number of nitrogens with one attached hydrogen (secondary N) is 1. The summed E-state index contributed by atoms with van der Waals surface area (Å²) in [5, 5.41) is 19.5. The molecule has 2 aromatic carbocycles. The van der Waals surface area contributed by atoms with Crippen LogP contribution in [0.2, 0.25) is 0 Å². The van der Waals surface area contributed by atoms with Crippen LogP contribution in [0.25, 0.3) is 0 Å². The van der Waals surface area contributed by atoms with E-state index < -0.39 is 23.8 Å². The van der Waals surface area contributed by atoms with Gasteiger partial charge in [-0.15, -0.1) is 5.10 Å². The highest BCUT2D eigenvalue weighted by Crippen LogP contribution is 2.56. The summed E-state index contributed by atoms with van der Waals surface area (Å²) in [6.45, 7) is 0.153. The van der Waals surface area contributed by atoms with Crippen LogP contribution in [0, 0.1) is 23.1 Å². The van der Waals surface area contributed by atoms with Crippen molar-refractivity contribution >= 4 is 11.7 Å². The molecule has 1 heterocycles. The van der Waals surface area contributed by atoms with Gasteiger partial charge in [-0.05, 0) is 41.2 Å². The normalized spacial score (nSPS) is 17.6. The van der Waals surface area contributed by atoms with Gasteiger partial charge in [-0.3, -0.25) is 4.79 Å². The minimum Gasteiger partial charge on any atom is -0.308 e. The fourth-order valence-corrected chi connectivity index (χ4v) is 3.52. The highest BCUT2D eigenvalue weighted by atomic mass is 19.4. The van der Waals surface area contributed by atoms with Gasteiger partial charge in [-0.2, -0.15) is 28.3 Å². The summed E-state index contributed by atoms with van der Waals surface area (Å²) in [5.41, 5.74) is 1.79. The number of amides is 1. The van der Waals surface area contributed by atoms with Gasteiger partial charge in [-0.1, -0.05) is 30.3 Å². The van der Waals surface area contributed by atoms with E-state index in [2.05, 4.69) is 15.5 Å². The Labute approximate surface area is 180 Å². The Bertz CT molecular complexity index is 1180. The van der Waals surface area contributed by atoms with Crippen LogP contribution in [0.4, 0.5) is 23.4 Å². The van der Waals surface area contributed by atoms with Crippen LogP contribution in [0.15, 0.2) is 48.7 Å². The van der Waals surface area contributed by atoms with E-state index in [-0.39, 0.29) is 36.7 Å². The van der Waals surface area contributed by atoms with E-state index in [4.69, 9.17) is 5.26 Å². The molecule has 164 valence electrons. The molecule has 32 heavy (non-hydrogen) atoms. The van der Waals surface area contributed by atoms with Crippen molar-refractivity contribution in [3.8, 4) is 6.07 Å². The van der Waals surface area contributed by atoms with Gasteiger partial charge in [-0.25, -0.2) is 4.39 Å². The zero-order valence-corrected chi connectivity index (χ0v) is 16.6. The van der Waals surface area contributed by atoms with Gasteiger partial charge in [0.1, 0.15) is 11.9 Å². The van der Waals surface area contributed by atoms with E-state index in [1.54, 1.807) is 36.4 Å². The van der Waals surface area contributed by atoms with Gasteiger partial charge in [0, 0.05) is 0 Å². The van der Waals surface area contributed by atoms with Crippen LogP contribution >= 0.6 is 0 Å². The predicted molar refractivity (Wildman–Crippen MR) is 106 cm³/mol. The lowest BCUT2D eigenvalue weighted by atomic mass is 10.0. The number of nitrogens with zero attached hydrogens (tertiary/aromatic N) is 4. The van der Waals surface area contributed by atoms with Crippen molar-refractivity contribution in [1.29, 1.82) is 5.26 Å². The third-order valence-corrected chi connectivity index (χ3v) is 5.27. The van der Waals surface area contributed by atoms with Crippen LogP contribution in [-0.4, -0.2) is 27.1 Å². The van der Waals surface area contributed by atoms with E-state index in [1.165, 1.54) is 23.1 Å². The highest BCUT2D eigenvalue weighted by molar-refractivity contribution is 5.91. The topological polar surface area (TPSA) is 83.6 Å². The van der Waals surface area contributed by atoms with Crippen LogP contribution in [0.5, 0.6) is 0 Å². The van der Waals surface area contributed by atoms with Gasteiger partial charge in [0.05, 0.1) is 30.6 Å². The molecule has 1 fully saturated rings. The smallest absolute Gasteiger partial charge is 0.308 e. The Morgan fingerprint density at radius 3 is 2.53 bits per heavy atom. The van der Waals surface area contributed by atoms with Gasteiger partial charge in [0.2, 0.25) is 5.91 Å². The number of carbonyl (C=O) groups excluding carboxylic acids is 1. The number of carbonyl (C=O) groups is 1. The number of hydrogen-bond acceptors (Lipinski definition) is 4. The zero-order valence-electron chi connectivity index (χ0n) is 16.6. The van der Waals surface area contributed by atoms with Crippen LogP contribution in [-0.2, 0) is 17.8 Å². The Morgan fingerprint density at radius 1 is 1.19 bits per heavy atom. The number of aromatic nitrogens is 3. The number of alkyl halides is 3. The summed E-state index contributed by atoms with van der Waals surface area (Å²) in [5.74, 6) is -2.55. The minimum atomic E-state index is -4.17. The highest BCUT2D eigenvalue weighted by Gasteiger charge is 2.55. The van der Waals surface area contributed by atoms with Crippen molar-refractivity contribution in [2.24, 2.45) is 5.92 Å². The molecule has 0 unspecified atom stereocenters. The third-order valence-electron chi connectivity index (χ3n) is 5.27. The Hall–Kier alpha value is -3.74. The van der Waals surface area contributed by atoms with Crippen molar-refractivity contribution in [2.45, 2.75) is 31.5 Å². The maximum absolute atomic E-state index is 13.7. The first-order valence-corrected chi connectivity index (χ1v) is 9.77. The predicted octanol–water partition coefficient (Wildman–Crippen LogP) is 4.18. The maximum Gasteiger partial charge on any atom is 0.392 e. The molecule has 0 saturated heterocycles. The average molecular weight is 443 g/mol. The maximum atomic E-state index is 13.7. The zero-order chi connectivity index (χ0) is 22.9. The molecule has 1 N–H and O–H groups in total. The quantitative estimate of drug-likeness (QED) is 0.580. The second-order valence-corrected chi connectivity index (χ2v) is 7.64. The molecule has 0 radical (unpaired) electrons. The molecule has 0 bridgehead atoms. The van der Waals surface area contributed by atoms with E-state index in [1.807, 2.05) is 0 Å². The first-order valence-electron chi connectivity index (χ1n) is 9.77. The van der Waals surface area contributed by atoms with Gasteiger partial charge >= 0.3 is 6.18 Å². The lowest BCUT2D eigenvalue weighted by molar-refractivity contribution is -0.148. The lowest BCUT2D eigenvalue weighted by Gasteiger charge is -2.06. The van der Waals surface area contributed by atoms with Crippen LogP contribution in [0.1, 0.15) is 34.6 Å². The number of benzene rings is 2. The van der Waals surface area contributed by atoms with Crippen molar-refractivity contribution < 1.29 is 22.4 Å². The number of anilines is 1. The molecule has 2 atom stereocenters.